The number of carbonyl (C=O) groups excluding carboxylic acids is 1. The lowest BCUT2D eigenvalue weighted by Gasteiger charge is -2.12. The molecule has 32 heavy (non-hydrogen) atoms. The standard InChI is InChI=1S/C23H21N5O3S/c1-30-18-11-9-17(10-12-18)28-22(16-6-5-13-24-14-16)26-27-23(28)32-15-21(29)25-19-7-3-4-8-20(19)31-2/h3-14H,15H2,1-2H3,(H,25,29). The van der Waals surface area contributed by atoms with Gasteiger partial charge in [-0.05, 0) is 48.5 Å². The highest BCUT2D eigenvalue weighted by Gasteiger charge is 2.18. The fourth-order valence-electron chi connectivity index (χ4n) is 3.07. The summed E-state index contributed by atoms with van der Waals surface area (Å²) in [4.78, 5) is 16.8. The van der Waals surface area contributed by atoms with E-state index in [0.717, 1.165) is 17.0 Å². The molecule has 0 fully saturated rings. The van der Waals surface area contributed by atoms with Gasteiger partial charge in [-0.25, -0.2) is 0 Å². The van der Waals surface area contributed by atoms with E-state index < -0.39 is 0 Å². The molecule has 8 nitrogen and oxygen atoms in total. The highest BCUT2D eigenvalue weighted by molar-refractivity contribution is 7.99. The van der Waals surface area contributed by atoms with E-state index in [1.807, 2.05) is 53.1 Å². The molecule has 0 saturated carbocycles. The van der Waals surface area contributed by atoms with Gasteiger partial charge in [-0.2, -0.15) is 0 Å². The molecule has 1 amide bonds. The van der Waals surface area contributed by atoms with Crippen LogP contribution in [0.25, 0.3) is 17.1 Å². The van der Waals surface area contributed by atoms with Gasteiger partial charge in [-0.3, -0.25) is 14.3 Å². The van der Waals surface area contributed by atoms with Crippen molar-refractivity contribution >= 4 is 23.4 Å². The van der Waals surface area contributed by atoms with Gasteiger partial charge in [0.05, 0.1) is 25.7 Å². The summed E-state index contributed by atoms with van der Waals surface area (Å²) in [7, 11) is 3.19. The van der Waals surface area contributed by atoms with Crippen LogP contribution in [0.3, 0.4) is 0 Å². The molecule has 9 heteroatoms. The predicted octanol–water partition coefficient (Wildman–Crippen LogP) is 4.08. The quantitative estimate of drug-likeness (QED) is 0.407. The second-order valence-corrected chi connectivity index (χ2v) is 7.56. The SMILES string of the molecule is COc1ccc(-n2c(SCC(=O)Nc3ccccc3OC)nnc2-c2cccnc2)cc1. The zero-order valence-electron chi connectivity index (χ0n) is 17.6. The molecular weight excluding hydrogens is 426 g/mol. The first-order valence-electron chi connectivity index (χ1n) is 9.75. The molecule has 0 aliphatic carbocycles. The highest BCUT2D eigenvalue weighted by atomic mass is 32.2. The van der Waals surface area contributed by atoms with Crippen LogP contribution < -0.4 is 14.8 Å². The van der Waals surface area contributed by atoms with Crippen LogP contribution in [0, 0.1) is 0 Å². The van der Waals surface area contributed by atoms with Gasteiger partial charge in [0.1, 0.15) is 11.5 Å². The minimum absolute atomic E-state index is 0.152. The number of hydrogen-bond donors (Lipinski definition) is 1. The first kappa shape index (κ1) is 21.4. The van der Waals surface area contributed by atoms with Gasteiger partial charge in [-0.1, -0.05) is 23.9 Å². The highest BCUT2D eigenvalue weighted by Crippen LogP contribution is 2.29. The zero-order chi connectivity index (χ0) is 22.3. The molecule has 0 unspecified atom stereocenters. The van der Waals surface area contributed by atoms with Crippen molar-refractivity contribution < 1.29 is 14.3 Å². The second-order valence-electron chi connectivity index (χ2n) is 6.62. The third-order valence-corrected chi connectivity index (χ3v) is 5.53. The Morgan fingerprint density at radius 1 is 1.00 bits per heavy atom. The van der Waals surface area contributed by atoms with Crippen molar-refractivity contribution in [1.82, 2.24) is 19.7 Å². The number of para-hydroxylation sites is 2. The van der Waals surface area contributed by atoms with Crippen molar-refractivity contribution in [3.8, 4) is 28.6 Å². The predicted molar refractivity (Wildman–Crippen MR) is 123 cm³/mol. The number of benzene rings is 2. The number of rotatable bonds is 8. The molecule has 1 N–H and O–H groups in total. The average molecular weight is 448 g/mol. The van der Waals surface area contributed by atoms with Crippen LogP contribution in [0.5, 0.6) is 11.5 Å². The summed E-state index contributed by atoms with van der Waals surface area (Å²) < 4.78 is 12.5. The zero-order valence-corrected chi connectivity index (χ0v) is 18.4. The summed E-state index contributed by atoms with van der Waals surface area (Å²) in [5, 5.41) is 12.2. The molecule has 2 aromatic heterocycles. The number of pyridine rings is 1. The fraction of sp³-hybridized carbons (Fsp3) is 0.130. The van der Waals surface area contributed by atoms with E-state index in [1.165, 1.54) is 11.8 Å². The monoisotopic (exact) mass is 447 g/mol. The number of amides is 1. The number of methoxy groups -OCH3 is 2. The van der Waals surface area contributed by atoms with Crippen molar-refractivity contribution in [3.05, 3.63) is 73.1 Å². The molecule has 0 atom stereocenters. The number of carbonyl (C=O) groups is 1. The summed E-state index contributed by atoms with van der Waals surface area (Å²) in [6.45, 7) is 0. The Balaban J connectivity index is 1.59. The molecule has 162 valence electrons. The lowest BCUT2D eigenvalue weighted by atomic mass is 10.2. The maximum absolute atomic E-state index is 12.6. The van der Waals surface area contributed by atoms with E-state index in [4.69, 9.17) is 9.47 Å². The number of anilines is 1. The molecule has 2 aromatic carbocycles. The Bertz CT molecular complexity index is 1200. The second kappa shape index (κ2) is 9.97. The summed E-state index contributed by atoms with van der Waals surface area (Å²) in [6.07, 6.45) is 3.43. The molecule has 0 aliphatic rings. The molecule has 4 aromatic rings. The van der Waals surface area contributed by atoms with E-state index in [-0.39, 0.29) is 11.7 Å². The van der Waals surface area contributed by atoms with E-state index in [2.05, 4.69) is 20.5 Å². The van der Waals surface area contributed by atoms with Gasteiger partial charge in [0.15, 0.2) is 11.0 Å². The number of nitrogens with one attached hydrogen (secondary N) is 1. The number of thioether (sulfide) groups is 1. The maximum Gasteiger partial charge on any atom is 0.234 e. The summed E-state index contributed by atoms with van der Waals surface area (Å²) in [5.41, 5.74) is 2.29. The molecule has 2 heterocycles. The normalized spacial score (nSPS) is 10.6. The molecule has 0 bridgehead atoms. The van der Waals surface area contributed by atoms with E-state index in [1.54, 1.807) is 38.7 Å². The number of aromatic nitrogens is 4. The lowest BCUT2D eigenvalue weighted by Crippen LogP contribution is -2.15. The van der Waals surface area contributed by atoms with Gasteiger partial charge in [0.25, 0.3) is 0 Å². The molecule has 0 saturated heterocycles. The number of hydrogen-bond acceptors (Lipinski definition) is 7. The van der Waals surface area contributed by atoms with Crippen LogP contribution in [0.2, 0.25) is 0 Å². The van der Waals surface area contributed by atoms with Crippen LogP contribution in [-0.4, -0.2) is 45.6 Å². The smallest absolute Gasteiger partial charge is 0.234 e. The van der Waals surface area contributed by atoms with Crippen molar-refractivity contribution in [3.63, 3.8) is 0 Å². The minimum Gasteiger partial charge on any atom is -0.497 e. The summed E-state index contributed by atoms with van der Waals surface area (Å²) >= 11 is 1.29. The maximum atomic E-state index is 12.6. The van der Waals surface area contributed by atoms with E-state index >= 15 is 0 Å². The summed E-state index contributed by atoms with van der Waals surface area (Å²) in [5.74, 6) is 1.96. The average Bonchev–Trinajstić information content (AvgIpc) is 3.27. The Morgan fingerprint density at radius 2 is 1.81 bits per heavy atom. The number of nitrogens with zero attached hydrogens (tertiary/aromatic N) is 4. The van der Waals surface area contributed by atoms with Crippen molar-refractivity contribution in [2.45, 2.75) is 5.16 Å². The van der Waals surface area contributed by atoms with Crippen LogP contribution in [0.1, 0.15) is 0 Å². The number of ether oxygens (including phenoxy) is 2. The van der Waals surface area contributed by atoms with Crippen LogP contribution in [0.15, 0.2) is 78.2 Å². The Morgan fingerprint density at radius 3 is 2.53 bits per heavy atom. The van der Waals surface area contributed by atoms with Gasteiger partial charge >= 0.3 is 0 Å². The van der Waals surface area contributed by atoms with Crippen LogP contribution in [-0.2, 0) is 4.79 Å². The van der Waals surface area contributed by atoms with Gasteiger partial charge < -0.3 is 14.8 Å². The van der Waals surface area contributed by atoms with E-state index in [0.29, 0.717) is 22.4 Å². The largest absolute Gasteiger partial charge is 0.497 e. The Hall–Kier alpha value is -3.85. The van der Waals surface area contributed by atoms with Gasteiger partial charge in [0, 0.05) is 23.6 Å². The molecular formula is C23H21N5O3S. The van der Waals surface area contributed by atoms with Crippen molar-refractivity contribution in [2.24, 2.45) is 0 Å². The molecule has 0 radical (unpaired) electrons. The minimum atomic E-state index is -0.174. The van der Waals surface area contributed by atoms with Crippen LogP contribution >= 0.6 is 11.8 Å². The summed E-state index contributed by atoms with van der Waals surface area (Å²) in [6, 6.07) is 18.6. The topological polar surface area (TPSA) is 91.2 Å². The molecule has 0 spiro atoms. The third kappa shape index (κ3) is 4.73. The first-order valence-corrected chi connectivity index (χ1v) is 10.7. The fourth-order valence-corrected chi connectivity index (χ4v) is 3.83. The molecule has 0 aliphatic heterocycles. The van der Waals surface area contributed by atoms with Crippen molar-refractivity contribution in [1.29, 1.82) is 0 Å². The van der Waals surface area contributed by atoms with Crippen LogP contribution in [0.4, 0.5) is 5.69 Å². The third-order valence-electron chi connectivity index (χ3n) is 4.60. The van der Waals surface area contributed by atoms with Gasteiger partial charge in [-0.15, -0.1) is 10.2 Å². The van der Waals surface area contributed by atoms with Gasteiger partial charge in [0.2, 0.25) is 5.91 Å². The van der Waals surface area contributed by atoms with E-state index in [9.17, 15) is 4.79 Å². The molecule has 4 rings (SSSR count). The van der Waals surface area contributed by atoms with Crippen molar-refractivity contribution in [2.75, 3.05) is 25.3 Å². The lowest BCUT2D eigenvalue weighted by molar-refractivity contribution is -0.113. The Kier molecular flexibility index (Phi) is 6.66. The Labute approximate surface area is 189 Å². The first-order chi connectivity index (χ1) is 15.7.